The predicted molar refractivity (Wildman–Crippen MR) is 125 cm³/mol. The van der Waals surface area contributed by atoms with Crippen molar-refractivity contribution < 1.29 is 19.5 Å². The molecular formula is C24H30ClFN3O3. The van der Waals surface area contributed by atoms with Gasteiger partial charge in [0.2, 0.25) is 0 Å². The Balaban J connectivity index is 0.000000258. The second-order valence-electron chi connectivity index (χ2n) is 8.83. The highest BCUT2D eigenvalue weighted by Crippen LogP contribution is 2.37. The summed E-state index contributed by atoms with van der Waals surface area (Å²) in [6.07, 6.45) is 1.83. The molecule has 1 heterocycles. The molecule has 2 aromatic carbocycles. The van der Waals surface area contributed by atoms with Gasteiger partial charge in [0.1, 0.15) is 5.82 Å². The zero-order valence-corrected chi connectivity index (χ0v) is 19.8. The van der Waals surface area contributed by atoms with Gasteiger partial charge in [0.15, 0.2) is 0 Å². The Morgan fingerprint density at radius 2 is 1.88 bits per heavy atom. The van der Waals surface area contributed by atoms with Crippen LogP contribution in [-0.4, -0.2) is 33.8 Å². The van der Waals surface area contributed by atoms with Crippen molar-refractivity contribution in [1.29, 1.82) is 0 Å². The molecule has 0 unspecified atom stereocenters. The first-order valence-corrected chi connectivity index (χ1v) is 10.6. The van der Waals surface area contributed by atoms with Crippen LogP contribution >= 0.6 is 11.6 Å². The van der Waals surface area contributed by atoms with Gasteiger partial charge in [-0.05, 0) is 64.0 Å². The van der Waals surface area contributed by atoms with Crippen LogP contribution in [0.2, 0.25) is 5.02 Å². The van der Waals surface area contributed by atoms with E-state index in [0.29, 0.717) is 17.8 Å². The number of aryl methyl sites for hydroxylation is 1. The van der Waals surface area contributed by atoms with Gasteiger partial charge in [-0.3, -0.25) is 4.79 Å². The molecule has 0 aromatic heterocycles. The van der Waals surface area contributed by atoms with Gasteiger partial charge in [-0.15, -0.1) is 10.3 Å². The lowest BCUT2D eigenvalue weighted by Crippen LogP contribution is -2.47. The summed E-state index contributed by atoms with van der Waals surface area (Å²) in [6, 6.07) is 9.66. The van der Waals surface area contributed by atoms with E-state index < -0.39 is 22.9 Å². The highest BCUT2D eigenvalue weighted by molar-refractivity contribution is 6.33. The van der Waals surface area contributed by atoms with E-state index >= 15 is 0 Å². The summed E-state index contributed by atoms with van der Waals surface area (Å²) in [6.45, 7) is 9.97. The molecule has 4 N–H and O–H groups in total. The molecular weight excluding hydrogens is 433 g/mol. The van der Waals surface area contributed by atoms with Crippen LogP contribution in [0.25, 0.3) is 0 Å². The van der Waals surface area contributed by atoms with Gasteiger partial charge in [0.05, 0.1) is 28.2 Å². The lowest BCUT2D eigenvalue weighted by Gasteiger charge is -2.33. The summed E-state index contributed by atoms with van der Waals surface area (Å²) >= 11 is 5.95. The maximum Gasteiger partial charge on any atom is 0.307 e. The highest BCUT2D eigenvalue weighted by atomic mass is 35.5. The van der Waals surface area contributed by atoms with E-state index in [4.69, 9.17) is 22.4 Å². The van der Waals surface area contributed by atoms with Gasteiger partial charge < -0.3 is 16.2 Å². The topological polar surface area (TPSA) is 98.5 Å². The number of nitrogens with two attached hydrogens (primary N) is 1. The van der Waals surface area contributed by atoms with Gasteiger partial charge >= 0.3 is 5.97 Å². The molecule has 1 aliphatic rings. The number of hydroxylamine groups is 2. The van der Waals surface area contributed by atoms with E-state index in [1.54, 1.807) is 18.2 Å². The number of aliphatic carboxylic acids is 1. The Labute approximate surface area is 193 Å². The molecule has 0 atom stereocenters. The molecule has 0 amide bonds. The number of nitrogens with one attached hydrogen (secondary N) is 1. The standard InChI is InChI=1S/C15H13ClFNO2.C9H17N2O/c1-9-5-6-13(10(7-9)8-14(19)20)18-15-11(16)3-2-4-12(15)17;1-8(2)5-7(6-10)9(3,4)11(8)12/h2-7,18H,8H2,1H3,(H,19,20);5H,6,10H2,1-4H3. The van der Waals surface area contributed by atoms with Gasteiger partial charge in [0.25, 0.3) is 0 Å². The zero-order valence-electron chi connectivity index (χ0n) is 19.0. The molecule has 1 radical (unpaired) electrons. The maximum absolute atomic E-state index is 13.7. The fourth-order valence-corrected chi connectivity index (χ4v) is 3.94. The molecule has 0 spiro atoms. The van der Waals surface area contributed by atoms with Crippen LogP contribution in [-0.2, 0) is 16.4 Å². The van der Waals surface area contributed by atoms with E-state index in [1.165, 1.54) is 12.1 Å². The maximum atomic E-state index is 13.7. The van der Waals surface area contributed by atoms with Gasteiger partial charge in [-0.1, -0.05) is 41.4 Å². The smallest absolute Gasteiger partial charge is 0.307 e. The molecule has 3 rings (SSSR count). The molecule has 0 fully saturated rings. The number of carbonyl (C=O) groups is 1. The second kappa shape index (κ2) is 10.0. The summed E-state index contributed by atoms with van der Waals surface area (Å²) in [5.74, 6) is -1.43. The van der Waals surface area contributed by atoms with Crippen LogP contribution in [0.15, 0.2) is 48.0 Å². The molecule has 8 heteroatoms. The monoisotopic (exact) mass is 462 g/mol. The Bertz CT molecular complexity index is 1000. The molecule has 0 bridgehead atoms. The van der Waals surface area contributed by atoms with Gasteiger partial charge in [0, 0.05) is 12.2 Å². The van der Waals surface area contributed by atoms with Gasteiger partial charge in [-0.2, -0.15) is 0 Å². The van der Waals surface area contributed by atoms with E-state index in [9.17, 15) is 14.4 Å². The predicted octanol–water partition coefficient (Wildman–Crippen LogP) is 5.25. The SMILES string of the molecule is CC1(C)C=C(CN)C(C)(C)N1[O].Cc1ccc(Nc2c(F)cccc2Cl)c(CC(=O)O)c1. The number of para-hydroxylation sites is 1. The summed E-state index contributed by atoms with van der Waals surface area (Å²) in [5, 5.41) is 24.9. The molecule has 32 heavy (non-hydrogen) atoms. The molecule has 6 nitrogen and oxygen atoms in total. The Kier molecular flexibility index (Phi) is 8.07. The minimum absolute atomic E-state index is 0.143. The van der Waals surface area contributed by atoms with Crippen molar-refractivity contribution in [3.05, 3.63) is 70.0 Å². The average Bonchev–Trinajstić information content (AvgIpc) is 2.85. The first-order valence-electron chi connectivity index (χ1n) is 10.2. The third-order valence-electron chi connectivity index (χ3n) is 5.39. The summed E-state index contributed by atoms with van der Waals surface area (Å²) in [7, 11) is 0. The zero-order chi connectivity index (χ0) is 24.3. The first-order chi connectivity index (χ1) is 14.8. The normalized spacial score (nSPS) is 16.7. The largest absolute Gasteiger partial charge is 0.481 e. The fourth-order valence-electron chi connectivity index (χ4n) is 3.73. The Morgan fingerprint density at radius 1 is 1.22 bits per heavy atom. The number of hydrogen-bond acceptors (Lipinski definition) is 4. The minimum atomic E-state index is -0.946. The minimum Gasteiger partial charge on any atom is -0.481 e. The molecule has 173 valence electrons. The fraction of sp³-hybridized carbons (Fsp3) is 0.375. The lowest BCUT2D eigenvalue weighted by atomic mass is 9.97. The first kappa shape index (κ1) is 25.8. The highest BCUT2D eigenvalue weighted by Gasteiger charge is 2.45. The molecule has 0 saturated heterocycles. The van der Waals surface area contributed by atoms with Crippen molar-refractivity contribution in [2.75, 3.05) is 11.9 Å². The van der Waals surface area contributed by atoms with Crippen LogP contribution < -0.4 is 11.1 Å². The molecule has 0 saturated carbocycles. The quantitative estimate of drug-likeness (QED) is 0.527. The van der Waals surface area contributed by atoms with Crippen LogP contribution in [0.4, 0.5) is 15.8 Å². The number of rotatable bonds is 5. The van der Waals surface area contributed by atoms with Crippen LogP contribution in [0.3, 0.4) is 0 Å². The third-order valence-corrected chi connectivity index (χ3v) is 5.70. The van der Waals surface area contributed by atoms with E-state index in [2.05, 4.69) is 5.32 Å². The second-order valence-corrected chi connectivity index (χ2v) is 9.24. The summed E-state index contributed by atoms with van der Waals surface area (Å²) < 4.78 is 13.7. The van der Waals surface area contributed by atoms with Crippen molar-refractivity contribution in [3.8, 4) is 0 Å². The summed E-state index contributed by atoms with van der Waals surface area (Å²) in [5.41, 5.74) is 7.94. The van der Waals surface area contributed by atoms with Crippen molar-refractivity contribution in [2.45, 2.75) is 52.1 Å². The molecule has 0 aliphatic carbocycles. The Morgan fingerprint density at radius 3 is 2.34 bits per heavy atom. The van der Waals surface area contributed by atoms with E-state index in [1.807, 2.05) is 46.8 Å². The van der Waals surface area contributed by atoms with E-state index in [-0.39, 0.29) is 17.1 Å². The number of benzene rings is 2. The number of carboxylic acid groups (broad SMARTS) is 1. The van der Waals surface area contributed by atoms with Crippen LogP contribution in [0, 0.1) is 12.7 Å². The number of nitrogens with zero attached hydrogens (tertiary/aromatic N) is 1. The number of carboxylic acids is 1. The van der Waals surface area contributed by atoms with E-state index in [0.717, 1.165) is 16.2 Å². The molecule has 1 aliphatic heterocycles. The number of halogens is 2. The summed E-state index contributed by atoms with van der Waals surface area (Å²) in [4.78, 5) is 10.9. The number of hydrogen-bond donors (Lipinski definition) is 3. The Hall–Kier alpha value is -2.45. The third kappa shape index (κ3) is 5.86. The van der Waals surface area contributed by atoms with Crippen LogP contribution in [0.5, 0.6) is 0 Å². The van der Waals surface area contributed by atoms with Gasteiger partial charge in [-0.25, -0.2) is 4.39 Å². The van der Waals surface area contributed by atoms with Crippen molar-refractivity contribution in [3.63, 3.8) is 0 Å². The lowest BCUT2D eigenvalue weighted by molar-refractivity contribution is -0.238. The van der Waals surface area contributed by atoms with Crippen molar-refractivity contribution >= 4 is 28.9 Å². The van der Waals surface area contributed by atoms with Crippen LogP contribution in [0.1, 0.15) is 38.8 Å². The van der Waals surface area contributed by atoms with Crippen molar-refractivity contribution in [2.24, 2.45) is 5.73 Å². The average molecular weight is 463 g/mol. The van der Waals surface area contributed by atoms with Crippen molar-refractivity contribution in [1.82, 2.24) is 5.06 Å². The molecule has 2 aromatic rings. The number of anilines is 2.